The van der Waals surface area contributed by atoms with Crippen molar-refractivity contribution < 1.29 is 9.53 Å². The summed E-state index contributed by atoms with van der Waals surface area (Å²) in [6.07, 6.45) is 13.8. The normalized spacial score (nSPS) is 22.8. The molecular weight excluding hydrogens is 290 g/mol. The number of hydrogen-bond acceptors (Lipinski definition) is 4. The molecule has 1 saturated carbocycles. The van der Waals surface area contributed by atoms with E-state index in [1.54, 1.807) is 18.5 Å². The second kappa shape index (κ2) is 8.27. The number of carbonyl (C=O) groups excluding carboxylic acids is 1. The number of ether oxygens (including phenoxy) is 1. The molecule has 5 nitrogen and oxygen atoms in total. The first kappa shape index (κ1) is 16.2. The Morgan fingerprint density at radius 1 is 1.13 bits per heavy atom. The van der Waals surface area contributed by atoms with Gasteiger partial charge in [-0.15, -0.1) is 0 Å². The van der Waals surface area contributed by atoms with Crippen molar-refractivity contribution >= 4 is 5.91 Å². The van der Waals surface area contributed by atoms with Crippen LogP contribution in [0.1, 0.15) is 57.8 Å². The summed E-state index contributed by atoms with van der Waals surface area (Å²) in [6, 6.07) is 2.18. The van der Waals surface area contributed by atoms with E-state index in [0.717, 1.165) is 31.7 Å². The topological polar surface area (TPSA) is 55.3 Å². The molecule has 0 N–H and O–H groups in total. The molecule has 0 bridgehead atoms. The van der Waals surface area contributed by atoms with Gasteiger partial charge in [0, 0.05) is 25.4 Å². The molecule has 2 fully saturated rings. The highest BCUT2D eigenvalue weighted by Gasteiger charge is 2.26. The van der Waals surface area contributed by atoms with E-state index in [9.17, 15) is 4.79 Å². The smallest absolute Gasteiger partial charge is 0.316 e. The molecule has 1 amide bonds. The molecule has 1 aliphatic carbocycles. The van der Waals surface area contributed by atoms with Gasteiger partial charge in [0.1, 0.15) is 6.10 Å². The Balaban J connectivity index is 1.44. The van der Waals surface area contributed by atoms with E-state index in [4.69, 9.17) is 4.74 Å². The second-order valence-corrected chi connectivity index (χ2v) is 6.80. The Morgan fingerprint density at radius 3 is 2.70 bits per heavy atom. The van der Waals surface area contributed by atoms with Crippen LogP contribution >= 0.6 is 0 Å². The first-order valence-corrected chi connectivity index (χ1v) is 9.03. The van der Waals surface area contributed by atoms with Crippen LogP contribution in [0.2, 0.25) is 0 Å². The van der Waals surface area contributed by atoms with Gasteiger partial charge in [-0.1, -0.05) is 32.1 Å². The Kier molecular flexibility index (Phi) is 5.83. The molecule has 0 radical (unpaired) electrons. The van der Waals surface area contributed by atoms with Crippen molar-refractivity contribution in [2.75, 3.05) is 13.1 Å². The van der Waals surface area contributed by atoms with Crippen molar-refractivity contribution in [1.29, 1.82) is 0 Å². The summed E-state index contributed by atoms with van der Waals surface area (Å²) in [5.41, 5.74) is 0. The highest BCUT2D eigenvalue weighted by atomic mass is 16.5. The lowest BCUT2D eigenvalue weighted by Gasteiger charge is -2.33. The second-order valence-electron chi connectivity index (χ2n) is 6.80. The first-order valence-electron chi connectivity index (χ1n) is 9.03. The van der Waals surface area contributed by atoms with Crippen molar-refractivity contribution in [3.63, 3.8) is 0 Å². The minimum Gasteiger partial charge on any atom is -0.458 e. The molecule has 0 aromatic carbocycles. The third kappa shape index (κ3) is 4.91. The molecule has 1 saturated heterocycles. The van der Waals surface area contributed by atoms with E-state index < -0.39 is 0 Å². The molecule has 1 atom stereocenters. The maximum absolute atomic E-state index is 12.5. The monoisotopic (exact) mass is 317 g/mol. The third-order valence-electron chi connectivity index (χ3n) is 5.04. The Morgan fingerprint density at radius 2 is 1.91 bits per heavy atom. The molecule has 2 aliphatic rings. The summed E-state index contributed by atoms with van der Waals surface area (Å²) >= 11 is 0. The largest absolute Gasteiger partial charge is 0.458 e. The van der Waals surface area contributed by atoms with Gasteiger partial charge in [-0.3, -0.25) is 4.79 Å². The van der Waals surface area contributed by atoms with Crippen LogP contribution in [0.4, 0.5) is 0 Å². The third-order valence-corrected chi connectivity index (χ3v) is 5.04. The predicted molar refractivity (Wildman–Crippen MR) is 88.1 cm³/mol. The number of nitrogens with zero attached hydrogens (tertiary/aromatic N) is 3. The van der Waals surface area contributed by atoms with Crippen LogP contribution in [-0.4, -0.2) is 40.0 Å². The Labute approximate surface area is 138 Å². The van der Waals surface area contributed by atoms with Crippen LogP contribution in [-0.2, 0) is 4.79 Å². The van der Waals surface area contributed by atoms with E-state index in [-0.39, 0.29) is 12.0 Å². The zero-order valence-electron chi connectivity index (χ0n) is 13.8. The zero-order chi connectivity index (χ0) is 15.9. The molecule has 126 valence electrons. The number of aromatic nitrogens is 2. The summed E-state index contributed by atoms with van der Waals surface area (Å²) in [5, 5.41) is 0. The molecule has 1 aromatic rings. The maximum Gasteiger partial charge on any atom is 0.316 e. The van der Waals surface area contributed by atoms with Crippen molar-refractivity contribution in [3.8, 4) is 6.01 Å². The van der Waals surface area contributed by atoms with Gasteiger partial charge in [-0.05, 0) is 31.2 Å². The Bertz CT molecular complexity index is 488. The number of hydrogen-bond donors (Lipinski definition) is 0. The lowest BCUT2D eigenvalue weighted by atomic mass is 9.86. The number of likely N-dealkylation sites (tertiary alicyclic amines) is 1. The first-order chi connectivity index (χ1) is 11.3. The zero-order valence-corrected chi connectivity index (χ0v) is 13.8. The highest BCUT2D eigenvalue weighted by molar-refractivity contribution is 5.76. The van der Waals surface area contributed by atoms with Gasteiger partial charge in [0.25, 0.3) is 0 Å². The average molecular weight is 317 g/mol. The average Bonchev–Trinajstić information content (AvgIpc) is 2.62. The van der Waals surface area contributed by atoms with Gasteiger partial charge in [0.15, 0.2) is 0 Å². The summed E-state index contributed by atoms with van der Waals surface area (Å²) < 4.78 is 5.81. The summed E-state index contributed by atoms with van der Waals surface area (Å²) in [5.74, 6) is 1.06. The fourth-order valence-electron chi connectivity index (χ4n) is 3.72. The van der Waals surface area contributed by atoms with Crippen LogP contribution in [0.3, 0.4) is 0 Å². The van der Waals surface area contributed by atoms with Gasteiger partial charge < -0.3 is 9.64 Å². The van der Waals surface area contributed by atoms with Crippen molar-refractivity contribution in [2.45, 2.75) is 63.9 Å². The van der Waals surface area contributed by atoms with Gasteiger partial charge in [0.05, 0.1) is 6.54 Å². The summed E-state index contributed by atoms with van der Waals surface area (Å²) in [4.78, 5) is 22.7. The van der Waals surface area contributed by atoms with Crippen LogP contribution < -0.4 is 4.74 Å². The molecule has 1 unspecified atom stereocenters. The quantitative estimate of drug-likeness (QED) is 0.837. The minimum atomic E-state index is 0.0183. The highest BCUT2D eigenvalue weighted by Crippen LogP contribution is 2.27. The molecule has 2 heterocycles. The Hall–Kier alpha value is -1.65. The molecule has 3 rings (SSSR count). The van der Waals surface area contributed by atoms with Gasteiger partial charge in [-0.25, -0.2) is 9.97 Å². The van der Waals surface area contributed by atoms with E-state index in [1.807, 2.05) is 4.90 Å². The van der Waals surface area contributed by atoms with Crippen molar-refractivity contribution in [1.82, 2.24) is 14.9 Å². The van der Waals surface area contributed by atoms with Gasteiger partial charge in [0.2, 0.25) is 5.91 Å². The molecule has 0 spiro atoms. The number of rotatable bonds is 5. The fraction of sp³-hybridized carbons (Fsp3) is 0.722. The molecule has 1 aliphatic heterocycles. The van der Waals surface area contributed by atoms with Crippen LogP contribution in [0, 0.1) is 5.92 Å². The fourth-order valence-corrected chi connectivity index (χ4v) is 3.72. The molecule has 1 aromatic heterocycles. The molecule has 23 heavy (non-hydrogen) atoms. The van der Waals surface area contributed by atoms with Crippen LogP contribution in [0.25, 0.3) is 0 Å². The van der Waals surface area contributed by atoms with Crippen LogP contribution in [0.15, 0.2) is 18.5 Å². The van der Waals surface area contributed by atoms with Crippen molar-refractivity contribution in [2.24, 2.45) is 5.92 Å². The summed E-state index contributed by atoms with van der Waals surface area (Å²) in [7, 11) is 0. The number of carbonyl (C=O) groups is 1. The minimum absolute atomic E-state index is 0.0183. The van der Waals surface area contributed by atoms with Gasteiger partial charge in [-0.2, -0.15) is 0 Å². The van der Waals surface area contributed by atoms with E-state index >= 15 is 0 Å². The summed E-state index contributed by atoms with van der Waals surface area (Å²) in [6.45, 7) is 1.53. The van der Waals surface area contributed by atoms with Crippen molar-refractivity contribution in [3.05, 3.63) is 18.5 Å². The maximum atomic E-state index is 12.5. The van der Waals surface area contributed by atoms with E-state index in [0.29, 0.717) is 19.0 Å². The standard InChI is InChI=1S/C18H27N3O2/c22-17(10-9-15-6-2-1-3-7-15)21-13-4-8-16(14-21)23-18-19-11-5-12-20-18/h5,11-12,15-16H,1-4,6-10,13-14H2. The van der Waals surface area contributed by atoms with Crippen LogP contribution in [0.5, 0.6) is 6.01 Å². The number of amides is 1. The van der Waals surface area contributed by atoms with Gasteiger partial charge >= 0.3 is 6.01 Å². The molecule has 5 heteroatoms. The number of piperidine rings is 1. The molecular formula is C18H27N3O2. The van der Waals surface area contributed by atoms with E-state index in [2.05, 4.69) is 9.97 Å². The lowest BCUT2D eigenvalue weighted by molar-refractivity contribution is -0.134. The SMILES string of the molecule is O=C(CCC1CCCCC1)N1CCCC(Oc2ncccn2)C1. The van der Waals surface area contributed by atoms with E-state index in [1.165, 1.54) is 32.1 Å². The predicted octanol–water partition coefficient (Wildman–Crippen LogP) is 3.21. The lowest BCUT2D eigenvalue weighted by Crippen LogP contribution is -2.44.